The number of nitrogens with zero attached hydrogens (tertiary/aromatic N) is 2. The number of hydrogen-bond donors (Lipinski definition) is 1. The zero-order chi connectivity index (χ0) is 20.1. The number of rotatable bonds is 7. The number of carbonyl (C=O) groups excluding carboxylic acids is 1. The van der Waals surface area contributed by atoms with Crippen molar-refractivity contribution in [3.63, 3.8) is 0 Å². The Hall–Kier alpha value is -2.43. The summed E-state index contributed by atoms with van der Waals surface area (Å²) >= 11 is 0. The number of H-pyrrole nitrogens is 1. The lowest BCUT2D eigenvalue weighted by atomic mass is 9.96. The van der Waals surface area contributed by atoms with Gasteiger partial charge in [0.05, 0.1) is 17.8 Å². The highest BCUT2D eigenvalue weighted by molar-refractivity contribution is 5.79. The molecule has 150 valence electrons. The van der Waals surface area contributed by atoms with Gasteiger partial charge in [0.2, 0.25) is 5.91 Å². The minimum atomic E-state index is -0.126. The second-order valence-corrected chi connectivity index (χ2v) is 7.65. The maximum atomic E-state index is 12.9. The number of benzene rings is 1. The number of nitrogens with one attached hydrogen (secondary N) is 1. The number of fused-ring (bicyclic) bond motifs is 1. The molecular formula is C23H31N3O2. The third kappa shape index (κ3) is 4.34. The monoisotopic (exact) mass is 381 g/mol. The summed E-state index contributed by atoms with van der Waals surface area (Å²) in [7, 11) is 0. The minimum Gasteiger partial charge on any atom is -0.337 e. The molecule has 0 saturated carbocycles. The highest BCUT2D eigenvalue weighted by Gasteiger charge is 2.28. The van der Waals surface area contributed by atoms with E-state index in [9.17, 15) is 9.59 Å². The van der Waals surface area contributed by atoms with Crippen molar-refractivity contribution in [2.24, 2.45) is 5.92 Å². The van der Waals surface area contributed by atoms with Crippen LogP contribution in [0, 0.1) is 5.92 Å². The summed E-state index contributed by atoms with van der Waals surface area (Å²) in [6.07, 6.45) is 5.56. The second-order valence-electron chi connectivity index (χ2n) is 7.65. The number of carbonyl (C=O) groups is 1. The summed E-state index contributed by atoms with van der Waals surface area (Å²) in [5.74, 6) is 0.852. The van der Waals surface area contributed by atoms with Crippen LogP contribution in [0.2, 0.25) is 0 Å². The van der Waals surface area contributed by atoms with Crippen LogP contribution in [0.4, 0.5) is 0 Å². The van der Waals surface area contributed by atoms with E-state index < -0.39 is 0 Å². The summed E-state index contributed by atoms with van der Waals surface area (Å²) in [6.45, 7) is 7.34. The Labute approximate surface area is 167 Å². The van der Waals surface area contributed by atoms with E-state index in [1.54, 1.807) is 0 Å². The third-order valence-corrected chi connectivity index (χ3v) is 5.76. The largest absolute Gasteiger partial charge is 0.337 e. The number of amides is 1. The molecule has 2 heterocycles. The molecule has 1 unspecified atom stereocenters. The molecule has 1 amide bonds. The van der Waals surface area contributed by atoms with Crippen molar-refractivity contribution in [1.82, 2.24) is 14.9 Å². The third-order valence-electron chi connectivity index (χ3n) is 5.76. The fraction of sp³-hybridized carbons (Fsp3) is 0.522. The van der Waals surface area contributed by atoms with Gasteiger partial charge >= 0.3 is 0 Å². The predicted octanol–water partition coefficient (Wildman–Crippen LogP) is 4.10. The molecule has 1 aromatic heterocycles. The summed E-state index contributed by atoms with van der Waals surface area (Å²) in [5.41, 5.74) is 3.51. The molecule has 28 heavy (non-hydrogen) atoms. The van der Waals surface area contributed by atoms with E-state index in [1.807, 2.05) is 17.0 Å². The van der Waals surface area contributed by atoms with Crippen molar-refractivity contribution in [2.75, 3.05) is 6.54 Å². The first-order valence-electron chi connectivity index (χ1n) is 10.6. The topological polar surface area (TPSA) is 66.1 Å². The molecular weight excluding hydrogens is 350 g/mol. The van der Waals surface area contributed by atoms with Crippen LogP contribution in [0.1, 0.15) is 63.3 Å². The van der Waals surface area contributed by atoms with Gasteiger partial charge in [-0.05, 0) is 24.8 Å². The van der Waals surface area contributed by atoms with Crippen molar-refractivity contribution >= 4 is 5.91 Å². The SMILES string of the molecule is CCCCC(CC)C(=O)N1CCc2nc(-c3ccc(CC)cc3)[nH]c(=O)c2C1. The van der Waals surface area contributed by atoms with Crippen molar-refractivity contribution in [3.8, 4) is 11.4 Å². The van der Waals surface area contributed by atoms with Gasteiger partial charge in [-0.15, -0.1) is 0 Å². The van der Waals surface area contributed by atoms with E-state index in [-0.39, 0.29) is 17.4 Å². The van der Waals surface area contributed by atoms with E-state index in [2.05, 4.69) is 37.9 Å². The Balaban J connectivity index is 1.80. The molecule has 1 N–H and O–H groups in total. The van der Waals surface area contributed by atoms with Crippen LogP contribution < -0.4 is 5.56 Å². The number of unbranched alkanes of at least 4 members (excludes halogenated alkanes) is 1. The van der Waals surface area contributed by atoms with Crippen LogP contribution in [-0.4, -0.2) is 27.3 Å². The lowest BCUT2D eigenvalue weighted by Crippen LogP contribution is -2.42. The highest BCUT2D eigenvalue weighted by Crippen LogP contribution is 2.22. The van der Waals surface area contributed by atoms with Gasteiger partial charge in [-0.25, -0.2) is 4.98 Å². The lowest BCUT2D eigenvalue weighted by molar-refractivity contribution is -0.136. The van der Waals surface area contributed by atoms with Crippen molar-refractivity contribution in [1.29, 1.82) is 0 Å². The van der Waals surface area contributed by atoms with Crippen LogP contribution in [-0.2, 0) is 24.2 Å². The average Bonchev–Trinajstić information content (AvgIpc) is 2.74. The highest BCUT2D eigenvalue weighted by atomic mass is 16.2. The fourth-order valence-corrected chi connectivity index (χ4v) is 3.86. The molecule has 0 saturated heterocycles. The Kier molecular flexibility index (Phi) is 6.65. The second kappa shape index (κ2) is 9.18. The molecule has 0 radical (unpaired) electrons. The first-order valence-corrected chi connectivity index (χ1v) is 10.6. The van der Waals surface area contributed by atoms with Crippen LogP contribution in [0.15, 0.2) is 29.1 Å². The van der Waals surface area contributed by atoms with Gasteiger partial charge in [0, 0.05) is 24.4 Å². The molecule has 1 aliphatic heterocycles. The maximum absolute atomic E-state index is 12.9. The first kappa shape index (κ1) is 20.3. The van der Waals surface area contributed by atoms with Crippen LogP contribution in [0.5, 0.6) is 0 Å². The van der Waals surface area contributed by atoms with Gasteiger partial charge in [-0.3, -0.25) is 9.59 Å². The molecule has 1 aromatic carbocycles. The maximum Gasteiger partial charge on any atom is 0.256 e. The van der Waals surface area contributed by atoms with Crippen LogP contribution in [0.3, 0.4) is 0 Å². The summed E-state index contributed by atoms with van der Waals surface area (Å²) in [6, 6.07) is 8.14. The fourth-order valence-electron chi connectivity index (χ4n) is 3.86. The van der Waals surface area contributed by atoms with Crippen molar-refractivity contribution in [3.05, 3.63) is 51.4 Å². The van der Waals surface area contributed by atoms with Gasteiger partial charge in [0.1, 0.15) is 5.82 Å². The average molecular weight is 382 g/mol. The molecule has 5 nitrogen and oxygen atoms in total. The molecule has 0 spiro atoms. The summed E-state index contributed by atoms with van der Waals surface area (Å²) in [5, 5.41) is 0. The van der Waals surface area contributed by atoms with Gasteiger partial charge < -0.3 is 9.88 Å². The normalized spacial score (nSPS) is 14.6. The lowest BCUT2D eigenvalue weighted by Gasteiger charge is -2.31. The zero-order valence-electron chi connectivity index (χ0n) is 17.3. The number of hydrogen-bond acceptors (Lipinski definition) is 3. The Morgan fingerprint density at radius 1 is 1.21 bits per heavy atom. The molecule has 1 atom stereocenters. The summed E-state index contributed by atoms with van der Waals surface area (Å²) < 4.78 is 0. The molecule has 5 heteroatoms. The first-order chi connectivity index (χ1) is 13.6. The van der Waals surface area contributed by atoms with E-state index >= 15 is 0 Å². The zero-order valence-corrected chi connectivity index (χ0v) is 17.3. The molecule has 3 rings (SSSR count). The number of aryl methyl sites for hydroxylation is 1. The Morgan fingerprint density at radius 3 is 2.61 bits per heavy atom. The predicted molar refractivity (Wildman–Crippen MR) is 112 cm³/mol. The van der Waals surface area contributed by atoms with E-state index in [0.717, 1.165) is 43.4 Å². The number of aromatic amines is 1. The Morgan fingerprint density at radius 2 is 1.96 bits per heavy atom. The smallest absolute Gasteiger partial charge is 0.256 e. The van der Waals surface area contributed by atoms with Gasteiger partial charge in [-0.1, -0.05) is 57.9 Å². The van der Waals surface area contributed by atoms with Crippen molar-refractivity contribution < 1.29 is 4.79 Å². The van der Waals surface area contributed by atoms with Crippen LogP contribution >= 0.6 is 0 Å². The molecule has 0 fully saturated rings. The van der Waals surface area contributed by atoms with Gasteiger partial charge in [0.15, 0.2) is 0 Å². The van der Waals surface area contributed by atoms with Gasteiger partial charge in [-0.2, -0.15) is 0 Å². The minimum absolute atomic E-state index is 0.0601. The standard InChI is InChI=1S/C23H31N3O2/c1-4-7-8-17(6-3)23(28)26-14-13-20-19(15-26)22(27)25-21(24-20)18-11-9-16(5-2)10-12-18/h9-12,17H,4-8,13-15H2,1-3H3,(H,24,25,27). The summed E-state index contributed by atoms with van der Waals surface area (Å²) in [4.78, 5) is 35.1. The number of aromatic nitrogens is 2. The Bertz CT molecular complexity index is 870. The van der Waals surface area contributed by atoms with Crippen molar-refractivity contribution in [2.45, 2.75) is 65.8 Å². The van der Waals surface area contributed by atoms with Gasteiger partial charge in [0.25, 0.3) is 5.56 Å². The van der Waals surface area contributed by atoms with E-state index in [1.165, 1.54) is 5.56 Å². The van der Waals surface area contributed by atoms with E-state index in [0.29, 0.717) is 30.9 Å². The molecule has 2 aromatic rings. The quantitative estimate of drug-likeness (QED) is 0.785. The van der Waals surface area contributed by atoms with Crippen LogP contribution in [0.25, 0.3) is 11.4 Å². The molecule has 1 aliphatic rings. The molecule has 0 aliphatic carbocycles. The molecule has 0 bridgehead atoms. The van der Waals surface area contributed by atoms with E-state index in [4.69, 9.17) is 4.98 Å².